The Labute approximate surface area is 146 Å². The van der Waals surface area contributed by atoms with Crippen molar-refractivity contribution in [1.29, 1.82) is 0 Å². The average molecular weight is 361 g/mol. The molecule has 4 heterocycles. The molecule has 4 rings (SSSR count). The van der Waals surface area contributed by atoms with Crippen LogP contribution in [0.25, 0.3) is 0 Å². The normalized spacial score (nSPS) is 50.2. The summed E-state index contributed by atoms with van der Waals surface area (Å²) in [7, 11) is 0. The standard InChI is InChI=1S/C16H27NO8/c1-15(2)22-9-7(5-18)20-13(11(9)24-15)17-14-12-10(8(6-19)21-14)23-16(3,4)25-12/h7-14,17-19H,5-6H2,1-4H3/t7-,8+,9-,10+,11-,12+,13?,14?. The van der Waals surface area contributed by atoms with Gasteiger partial charge in [0.25, 0.3) is 0 Å². The van der Waals surface area contributed by atoms with E-state index < -0.39 is 36.2 Å². The first-order valence-electron chi connectivity index (χ1n) is 8.73. The molecule has 4 saturated heterocycles. The van der Waals surface area contributed by atoms with E-state index in [0.29, 0.717) is 0 Å². The van der Waals surface area contributed by atoms with E-state index in [4.69, 9.17) is 28.4 Å². The quantitative estimate of drug-likeness (QED) is 0.584. The molecule has 144 valence electrons. The lowest BCUT2D eigenvalue weighted by molar-refractivity contribution is -0.212. The lowest BCUT2D eigenvalue weighted by Crippen LogP contribution is -2.50. The van der Waals surface area contributed by atoms with Gasteiger partial charge in [-0.1, -0.05) is 0 Å². The maximum atomic E-state index is 9.56. The zero-order valence-corrected chi connectivity index (χ0v) is 14.9. The molecule has 2 unspecified atom stereocenters. The second-order valence-electron chi connectivity index (χ2n) is 7.85. The number of hydrogen-bond acceptors (Lipinski definition) is 9. The van der Waals surface area contributed by atoms with Gasteiger partial charge in [0, 0.05) is 0 Å². The minimum absolute atomic E-state index is 0.164. The van der Waals surface area contributed by atoms with Gasteiger partial charge >= 0.3 is 0 Å². The summed E-state index contributed by atoms with van der Waals surface area (Å²) in [5.74, 6) is -1.48. The second-order valence-corrected chi connectivity index (χ2v) is 7.85. The van der Waals surface area contributed by atoms with Crippen molar-refractivity contribution in [3.05, 3.63) is 0 Å². The molecular formula is C16H27NO8. The van der Waals surface area contributed by atoms with Gasteiger partial charge in [0.15, 0.2) is 11.6 Å². The fourth-order valence-corrected chi connectivity index (χ4v) is 4.09. The number of rotatable bonds is 4. The highest BCUT2D eigenvalue weighted by Crippen LogP contribution is 2.41. The van der Waals surface area contributed by atoms with Gasteiger partial charge in [0.2, 0.25) is 0 Å². The minimum atomic E-state index is -0.742. The Hall–Kier alpha value is -0.360. The number of aliphatic hydroxyl groups is 2. The van der Waals surface area contributed by atoms with Crippen molar-refractivity contribution in [2.45, 2.75) is 88.3 Å². The van der Waals surface area contributed by atoms with E-state index in [2.05, 4.69) is 5.32 Å². The molecule has 9 heteroatoms. The van der Waals surface area contributed by atoms with E-state index in [9.17, 15) is 10.2 Å². The predicted molar refractivity (Wildman–Crippen MR) is 82.3 cm³/mol. The largest absolute Gasteiger partial charge is 0.394 e. The van der Waals surface area contributed by atoms with Crippen molar-refractivity contribution in [3.8, 4) is 0 Å². The zero-order valence-electron chi connectivity index (χ0n) is 14.9. The van der Waals surface area contributed by atoms with Crippen LogP contribution in [0.3, 0.4) is 0 Å². The molecule has 8 atom stereocenters. The molecule has 0 amide bonds. The van der Waals surface area contributed by atoms with Crippen molar-refractivity contribution < 1.29 is 38.6 Å². The Bertz CT molecular complexity index is 470. The summed E-state index contributed by atoms with van der Waals surface area (Å²) in [6.45, 7) is 6.99. The van der Waals surface area contributed by atoms with Gasteiger partial charge in [-0.3, -0.25) is 5.32 Å². The van der Waals surface area contributed by atoms with Crippen LogP contribution in [-0.4, -0.2) is 84.1 Å². The lowest BCUT2D eigenvalue weighted by atomic mass is 10.1. The highest BCUT2D eigenvalue weighted by molar-refractivity contribution is 5.01. The van der Waals surface area contributed by atoms with Crippen LogP contribution in [0.15, 0.2) is 0 Å². The topological polar surface area (TPSA) is 108 Å². The molecule has 0 aromatic heterocycles. The van der Waals surface area contributed by atoms with Gasteiger partial charge in [-0.25, -0.2) is 0 Å². The Morgan fingerprint density at radius 2 is 1.04 bits per heavy atom. The maximum absolute atomic E-state index is 9.56. The molecule has 9 nitrogen and oxygen atoms in total. The first-order chi connectivity index (χ1) is 11.7. The second kappa shape index (κ2) is 6.08. The highest BCUT2D eigenvalue weighted by Gasteiger charge is 2.59. The summed E-state index contributed by atoms with van der Waals surface area (Å²) < 4.78 is 35.3. The van der Waals surface area contributed by atoms with E-state index in [1.807, 2.05) is 27.7 Å². The SMILES string of the molecule is CC1(C)O[C@H]2[C@H](CO)OC(NC3O[C@H](CO)[C@H]4OC(C)(C)O[C@@H]34)[C@H]2O1. The molecule has 25 heavy (non-hydrogen) atoms. The van der Waals surface area contributed by atoms with E-state index in [-0.39, 0.29) is 37.6 Å². The highest BCUT2D eigenvalue weighted by atomic mass is 16.8. The van der Waals surface area contributed by atoms with E-state index in [0.717, 1.165) is 0 Å². The summed E-state index contributed by atoms with van der Waals surface area (Å²) >= 11 is 0. The molecule has 0 bridgehead atoms. The zero-order chi connectivity index (χ0) is 18.0. The summed E-state index contributed by atoms with van der Waals surface area (Å²) in [4.78, 5) is 0. The van der Waals surface area contributed by atoms with Crippen LogP contribution < -0.4 is 5.32 Å². The van der Waals surface area contributed by atoms with Crippen LogP contribution in [0.2, 0.25) is 0 Å². The molecule has 4 aliphatic heterocycles. The monoisotopic (exact) mass is 361 g/mol. The molecule has 0 saturated carbocycles. The van der Waals surface area contributed by atoms with Gasteiger partial charge in [0.1, 0.15) is 49.1 Å². The predicted octanol–water partition coefficient (Wildman–Crippen LogP) is -0.949. The van der Waals surface area contributed by atoms with Crippen LogP contribution in [0.5, 0.6) is 0 Å². The van der Waals surface area contributed by atoms with Crippen LogP contribution >= 0.6 is 0 Å². The Morgan fingerprint density at radius 1 is 0.680 bits per heavy atom. The van der Waals surface area contributed by atoms with Gasteiger partial charge in [0.05, 0.1) is 13.2 Å². The van der Waals surface area contributed by atoms with Crippen molar-refractivity contribution in [1.82, 2.24) is 5.32 Å². The maximum Gasteiger partial charge on any atom is 0.164 e. The molecule has 0 spiro atoms. The van der Waals surface area contributed by atoms with Crippen LogP contribution in [0, 0.1) is 0 Å². The van der Waals surface area contributed by atoms with Crippen molar-refractivity contribution in [2.24, 2.45) is 0 Å². The smallest absolute Gasteiger partial charge is 0.164 e. The molecule has 3 N–H and O–H groups in total. The summed E-state index contributed by atoms with van der Waals surface area (Å²) in [6, 6.07) is 0. The summed E-state index contributed by atoms with van der Waals surface area (Å²) in [5, 5.41) is 22.4. The number of aliphatic hydroxyl groups excluding tert-OH is 2. The molecule has 0 aromatic rings. The van der Waals surface area contributed by atoms with Crippen LogP contribution in [0.1, 0.15) is 27.7 Å². The molecule has 0 aromatic carbocycles. The third-order valence-corrected chi connectivity index (χ3v) is 4.99. The molecule has 0 aliphatic carbocycles. The van der Waals surface area contributed by atoms with E-state index in [1.54, 1.807) is 0 Å². The number of ether oxygens (including phenoxy) is 6. The molecular weight excluding hydrogens is 334 g/mol. The van der Waals surface area contributed by atoms with Crippen molar-refractivity contribution >= 4 is 0 Å². The fraction of sp³-hybridized carbons (Fsp3) is 1.00. The van der Waals surface area contributed by atoms with Crippen LogP contribution in [0.4, 0.5) is 0 Å². The Kier molecular flexibility index (Phi) is 4.38. The van der Waals surface area contributed by atoms with Gasteiger partial charge in [-0.05, 0) is 27.7 Å². The molecule has 4 aliphatic rings. The lowest BCUT2D eigenvalue weighted by Gasteiger charge is -2.28. The third kappa shape index (κ3) is 3.11. The average Bonchev–Trinajstić information content (AvgIpc) is 3.18. The molecule has 0 radical (unpaired) electrons. The van der Waals surface area contributed by atoms with E-state index in [1.165, 1.54) is 0 Å². The van der Waals surface area contributed by atoms with Gasteiger partial charge < -0.3 is 38.6 Å². The first-order valence-corrected chi connectivity index (χ1v) is 8.73. The number of hydrogen-bond donors (Lipinski definition) is 3. The third-order valence-electron chi connectivity index (χ3n) is 4.99. The Morgan fingerprint density at radius 3 is 1.40 bits per heavy atom. The van der Waals surface area contributed by atoms with Crippen LogP contribution in [-0.2, 0) is 28.4 Å². The van der Waals surface area contributed by atoms with Crippen molar-refractivity contribution in [2.75, 3.05) is 13.2 Å². The Balaban J connectivity index is 1.48. The van der Waals surface area contributed by atoms with Gasteiger partial charge in [-0.15, -0.1) is 0 Å². The molecule has 4 fully saturated rings. The first kappa shape index (κ1) is 18.0. The number of fused-ring (bicyclic) bond motifs is 2. The van der Waals surface area contributed by atoms with Gasteiger partial charge in [-0.2, -0.15) is 0 Å². The minimum Gasteiger partial charge on any atom is -0.394 e. The van der Waals surface area contributed by atoms with Crippen molar-refractivity contribution in [3.63, 3.8) is 0 Å². The summed E-state index contributed by atoms with van der Waals surface area (Å²) in [5.41, 5.74) is 0. The fourth-order valence-electron chi connectivity index (χ4n) is 4.09. The summed E-state index contributed by atoms with van der Waals surface area (Å²) in [6.07, 6.45) is -3.49. The number of nitrogens with one attached hydrogen (secondary N) is 1. The van der Waals surface area contributed by atoms with E-state index >= 15 is 0 Å².